The predicted molar refractivity (Wildman–Crippen MR) is 75.7 cm³/mol. The molecule has 100 valence electrons. The monoisotopic (exact) mass is 279 g/mol. The topological polar surface area (TPSA) is 90.4 Å². The summed E-state index contributed by atoms with van der Waals surface area (Å²) in [6.07, 6.45) is 0. The highest BCUT2D eigenvalue weighted by molar-refractivity contribution is 7.10. The number of methoxy groups -OCH3 is 1. The molecule has 0 spiro atoms. The molecule has 2 aromatic rings. The van der Waals surface area contributed by atoms with E-state index in [0.29, 0.717) is 12.2 Å². The smallest absolute Gasteiger partial charge is 0.312 e. The first-order valence-electron chi connectivity index (χ1n) is 5.50. The fourth-order valence-electron chi connectivity index (χ4n) is 1.62. The van der Waals surface area contributed by atoms with E-state index >= 15 is 0 Å². The summed E-state index contributed by atoms with van der Waals surface area (Å²) in [7, 11) is 1.40. The summed E-state index contributed by atoms with van der Waals surface area (Å²) < 4.78 is 4.94. The maximum atomic E-state index is 10.9. The number of ether oxygens (including phenoxy) is 1. The zero-order valence-electron chi connectivity index (χ0n) is 10.3. The van der Waals surface area contributed by atoms with Crippen molar-refractivity contribution in [3.05, 3.63) is 44.6 Å². The molecule has 0 amide bonds. The van der Waals surface area contributed by atoms with Gasteiger partial charge in [0.2, 0.25) is 0 Å². The minimum absolute atomic E-state index is 0.0633. The van der Waals surface area contributed by atoms with Crippen molar-refractivity contribution in [2.24, 2.45) is 0 Å². The first-order chi connectivity index (χ1) is 9.11. The van der Waals surface area contributed by atoms with Gasteiger partial charge < -0.3 is 15.8 Å². The number of rotatable bonds is 5. The van der Waals surface area contributed by atoms with Gasteiger partial charge >= 0.3 is 5.69 Å². The molecule has 1 aromatic carbocycles. The number of nitrogens with one attached hydrogen (secondary N) is 1. The third-order valence-corrected chi connectivity index (χ3v) is 3.55. The fourth-order valence-corrected chi connectivity index (χ4v) is 2.36. The van der Waals surface area contributed by atoms with Crippen LogP contribution < -0.4 is 15.8 Å². The Balaban J connectivity index is 2.15. The van der Waals surface area contributed by atoms with Crippen LogP contribution in [0.1, 0.15) is 4.88 Å². The molecule has 0 saturated carbocycles. The lowest BCUT2D eigenvalue weighted by Gasteiger charge is -2.07. The Morgan fingerprint density at radius 3 is 2.84 bits per heavy atom. The van der Waals surface area contributed by atoms with Crippen LogP contribution in [0.15, 0.2) is 29.6 Å². The Kier molecular flexibility index (Phi) is 3.86. The predicted octanol–water partition coefficient (Wildman–Crippen LogP) is 2.86. The molecule has 0 bridgehead atoms. The van der Waals surface area contributed by atoms with Crippen LogP contribution >= 0.6 is 11.3 Å². The van der Waals surface area contributed by atoms with E-state index in [2.05, 4.69) is 5.32 Å². The maximum absolute atomic E-state index is 10.9. The molecule has 1 heterocycles. The number of nitro groups is 1. The zero-order chi connectivity index (χ0) is 13.8. The molecular formula is C12H13N3O3S. The van der Waals surface area contributed by atoms with E-state index in [1.807, 2.05) is 11.4 Å². The number of anilines is 2. The Bertz CT molecular complexity index is 598. The van der Waals surface area contributed by atoms with Crippen molar-refractivity contribution >= 4 is 28.4 Å². The van der Waals surface area contributed by atoms with Gasteiger partial charge in [0.1, 0.15) is 0 Å². The molecule has 0 radical (unpaired) electrons. The Morgan fingerprint density at radius 1 is 1.47 bits per heavy atom. The van der Waals surface area contributed by atoms with Crippen molar-refractivity contribution in [1.29, 1.82) is 0 Å². The summed E-state index contributed by atoms with van der Waals surface area (Å²) in [6.45, 7) is 0.535. The van der Waals surface area contributed by atoms with Crippen LogP contribution in [0.5, 0.6) is 5.75 Å². The molecule has 1 aromatic heterocycles. The summed E-state index contributed by atoms with van der Waals surface area (Å²) in [5.74, 6) is 0.242. The van der Waals surface area contributed by atoms with E-state index < -0.39 is 4.92 Å². The number of hydrogen-bond donors (Lipinski definition) is 2. The number of hydrogen-bond acceptors (Lipinski definition) is 6. The Hall–Kier alpha value is -2.28. The van der Waals surface area contributed by atoms with E-state index in [1.54, 1.807) is 23.5 Å². The van der Waals surface area contributed by atoms with Crippen LogP contribution in [0.4, 0.5) is 17.1 Å². The van der Waals surface area contributed by atoms with Gasteiger partial charge in [-0.05, 0) is 23.6 Å². The highest BCUT2D eigenvalue weighted by Gasteiger charge is 2.15. The summed E-state index contributed by atoms with van der Waals surface area (Å²) in [4.78, 5) is 11.4. The van der Waals surface area contributed by atoms with Crippen LogP contribution in [0.3, 0.4) is 0 Å². The second-order valence-electron chi connectivity index (χ2n) is 3.80. The van der Waals surface area contributed by atoms with Gasteiger partial charge in [-0.25, -0.2) is 0 Å². The molecular weight excluding hydrogens is 266 g/mol. The molecule has 0 saturated heterocycles. The number of nitrogen functional groups attached to an aromatic ring is 1. The van der Waals surface area contributed by atoms with E-state index in [1.165, 1.54) is 13.2 Å². The lowest BCUT2D eigenvalue weighted by molar-refractivity contribution is -0.385. The van der Waals surface area contributed by atoms with Gasteiger partial charge in [-0.15, -0.1) is 11.3 Å². The van der Waals surface area contributed by atoms with Crippen LogP contribution in [-0.4, -0.2) is 12.0 Å². The largest absolute Gasteiger partial charge is 0.490 e. The molecule has 3 N–H and O–H groups in total. The van der Waals surface area contributed by atoms with Crippen molar-refractivity contribution in [3.8, 4) is 5.75 Å². The van der Waals surface area contributed by atoms with Gasteiger partial charge in [-0.2, -0.15) is 0 Å². The lowest BCUT2D eigenvalue weighted by atomic mass is 10.2. The van der Waals surface area contributed by atoms with Crippen LogP contribution in [0, 0.1) is 10.1 Å². The molecule has 2 rings (SSSR count). The number of thiophene rings is 1. The van der Waals surface area contributed by atoms with Crippen molar-refractivity contribution in [3.63, 3.8) is 0 Å². The zero-order valence-corrected chi connectivity index (χ0v) is 11.1. The lowest BCUT2D eigenvalue weighted by Crippen LogP contribution is -2.01. The van der Waals surface area contributed by atoms with Gasteiger partial charge in [0.05, 0.1) is 18.6 Å². The average Bonchev–Trinajstić information content (AvgIpc) is 2.81. The Labute approximate surface area is 114 Å². The van der Waals surface area contributed by atoms with Crippen LogP contribution in [0.25, 0.3) is 0 Å². The van der Waals surface area contributed by atoms with E-state index in [-0.39, 0.29) is 11.4 Å². The molecule has 0 unspecified atom stereocenters. The molecule has 7 heteroatoms. The number of nitrogens with two attached hydrogens (primary N) is 1. The Morgan fingerprint density at radius 2 is 2.26 bits per heavy atom. The van der Waals surface area contributed by atoms with Gasteiger partial charge in [0, 0.05) is 22.3 Å². The summed E-state index contributed by atoms with van der Waals surface area (Å²) in [5.41, 5.74) is 7.08. The number of nitro benzene ring substituents is 1. The highest BCUT2D eigenvalue weighted by Crippen LogP contribution is 2.30. The molecule has 0 fully saturated rings. The normalized spacial score (nSPS) is 10.2. The van der Waals surface area contributed by atoms with Crippen LogP contribution in [0.2, 0.25) is 0 Å². The number of benzene rings is 1. The van der Waals surface area contributed by atoms with Crippen molar-refractivity contribution in [2.45, 2.75) is 6.54 Å². The fraction of sp³-hybridized carbons (Fsp3) is 0.167. The standard InChI is InChI=1S/C12H13N3O3S/c1-18-11-3-2-8(6-10(11)15(16)17)14-7-12-9(13)4-5-19-12/h2-6,14H,7,13H2,1H3. The van der Waals surface area contributed by atoms with E-state index in [4.69, 9.17) is 10.5 Å². The first-order valence-corrected chi connectivity index (χ1v) is 6.38. The van der Waals surface area contributed by atoms with Crippen LogP contribution in [-0.2, 0) is 6.54 Å². The van der Waals surface area contributed by atoms with Crippen molar-refractivity contribution < 1.29 is 9.66 Å². The van der Waals surface area contributed by atoms with Crippen molar-refractivity contribution in [1.82, 2.24) is 0 Å². The van der Waals surface area contributed by atoms with Gasteiger partial charge in [0.25, 0.3) is 0 Å². The van der Waals surface area contributed by atoms with Gasteiger partial charge in [0.15, 0.2) is 5.75 Å². The second-order valence-corrected chi connectivity index (χ2v) is 4.80. The molecule has 19 heavy (non-hydrogen) atoms. The SMILES string of the molecule is COc1ccc(NCc2sccc2N)cc1[N+](=O)[O-]. The molecule has 0 aliphatic carbocycles. The summed E-state index contributed by atoms with van der Waals surface area (Å²) >= 11 is 1.54. The maximum Gasteiger partial charge on any atom is 0.312 e. The number of nitrogens with zero attached hydrogens (tertiary/aromatic N) is 1. The molecule has 0 atom stereocenters. The highest BCUT2D eigenvalue weighted by atomic mass is 32.1. The van der Waals surface area contributed by atoms with Crippen molar-refractivity contribution in [2.75, 3.05) is 18.2 Å². The molecule has 0 aliphatic rings. The summed E-state index contributed by atoms with van der Waals surface area (Å²) in [5, 5.41) is 15.9. The third kappa shape index (κ3) is 2.94. The minimum Gasteiger partial charge on any atom is -0.490 e. The van der Waals surface area contributed by atoms with E-state index in [0.717, 1.165) is 10.6 Å². The molecule has 6 nitrogen and oxygen atoms in total. The van der Waals surface area contributed by atoms with Gasteiger partial charge in [-0.3, -0.25) is 10.1 Å². The molecule has 0 aliphatic heterocycles. The van der Waals surface area contributed by atoms with E-state index in [9.17, 15) is 10.1 Å². The van der Waals surface area contributed by atoms with Gasteiger partial charge in [-0.1, -0.05) is 0 Å². The third-order valence-electron chi connectivity index (χ3n) is 2.61. The summed E-state index contributed by atoms with van der Waals surface area (Å²) in [6, 6.07) is 6.58. The second kappa shape index (κ2) is 5.57. The average molecular weight is 279 g/mol. The first kappa shape index (κ1) is 13.2. The quantitative estimate of drug-likeness (QED) is 0.648. The minimum atomic E-state index is -0.469.